The van der Waals surface area contributed by atoms with Crippen LogP contribution in [0.3, 0.4) is 0 Å². The van der Waals surface area contributed by atoms with E-state index in [0.29, 0.717) is 0 Å². The van der Waals surface area contributed by atoms with Crippen LogP contribution < -0.4 is 5.73 Å². The lowest BCUT2D eigenvalue weighted by molar-refractivity contribution is -0.268. The van der Waals surface area contributed by atoms with Gasteiger partial charge in [-0.05, 0) is 13.8 Å². The number of esters is 2. The van der Waals surface area contributed by atoms with Crippen molar-refractivity contribution in [1.82, 2.24) is 19.5 Å². The van der Waals surface area contributed by atoms with Crippen LogP contribution in [-0.2, 0) is 38.1 Å². The first-order valence-corrected chi connectivity index (χ1v) is 10.8. The largest absolute Gasteiger partial charge is 0.463 e. The quantitative estimate of drug-likeness (QED) is 0.310. The number of anilines is 1. The molecule has 4 atom stereocenters. The number of hydrogen-bond acceptors (Lipinski definition) is 13. The molecule has 3 N–H and O–H groups in total. The van der Waals surface area contributed by atoms with Gasteiger partial charge in [-0.15, -0.1) is 0 Å². The van der Waals surface area contributed by atoms with Gasteiger partial charge in [0, 0.05) is 20.0 Å². The molecule has 0 saturated carbocycles. The number of fused-ring (bicyclic) bond motifs is 1. The molecule has 3 rings (SSSR count). The number of methoxy groups -OCH3 is 1. The summed E-state index contributed by atoms with van der Waals surface area (Å²) in [7, 11) is 1.18. The number of carbonyl (C=O) groups excluding carboxylic acids is 4. The predicted molar refractivity (Wildman–Crippen MR) is 116 cm³/mol. The maximum Gasteiger partial charge on any atom is 0.306 e. The first-order chi connectivity index (χ1) is 16.6. The third-order valence-electron chi connectivity index (χ3n) is 5.40. The summed E-state index contributed by atoms with van der Waals surface area (Å²) in [6.07, 6.45) is -1.94. The van der Waals surface area contributed by atoms with Crippen LogP contribution in [0.25, 0.3) is 11.2 Å². The van der Waals surface area contributed by atoms with E-state index < -0.39 is 42.8 Å². The molecule has 0 aromatic carbocycles. The van der Waals surface area contributed by atoms with E-state index in [1.165, 1.54) is 38.2 Å². The summed E-state index contributed by atoms with van der Waals surface area (Å²) >= 11 is 0. The zero-order valence-electron chi connectivity index (χ0n) is 19.5. The highest BCUT2D eigenvalue weighted by molar-refractivity contribution is 5.82. The van der Waals surface area contributed by atoms with Gasteiger partial charge >= 0.3 is 11.9 Å². The Morgan fingerprint density at radius 2 is 1.74 bits per heavy atom. The number of nitrogens with two attached hydrogens (primary N) is 1. The first kappa shape index (κ1) is 26.1. The molecule has 0 radical (unpaired) electrons. The number of rotatable bonds is 11. The fourth-order valence-electron chi connectivity index (χ4n) is 3.56. The molecule has 0 aliphatic carbocycles. The lowest BCUT2D eigenvalue weighted by Crippen LogP contribution is -2.51. The van der Waals surface area contributed by atoms with E-state index in [-0.39, 0.29) is 54.2 Å². The second-order valence-corrected chi connectivity index (χ2v) is 8.06. The van der Waals surface area contributed by atoms with Crippen LogP contribution in [0.2, 0.25) is 0 Å². The number of aliphatic hydroxyl groups is 1. The van der Waals surface area contributed by atoms with Gasteiger partial charge in [-0.25, -0.2) is 15.0 Å². The highest BCUT2D eigenvalue weighted by Crippen LogP contribution is 2.42. The molecule has 14 heteroatoms. The van der Waals surface area contributed by atoms with Crippen LogP contribution >= 0.6 is 0 Å². The van der Waals surface area contributed by atoms with Gasteiger partial charge < -0.3 is 39.4 Å². The smallest absolute Gasteiger partial charge is 0.306 e. The molecule has 35 heavy (non-hydrogen) atoms. The molecule has 190 valence electrons. The van der Waals surface area contributed by atoms with E-state index in [1.807, 2.05) is 0 Å². The van der Waals surface area contributed by atoms with E-state index in [2.05, 4.69) is 15.0 Å². The maximum absolute atomic E-state index is 12.4. The Kier molecular flexibility index (Phi) is 8.09. The van der Waals surface area contributed by atoms with Gasteiger partial charge in [0.05, 0.1) is 19.2 Å². The molecule has 0 amide bonds. The third kappa shape index (κ3) is 5.78. The van der Waals surface area contributed by atoms with Gasteiger partial charge in [0.25, 0.3) is 5.79 Å². The van der Waals surface area contributed by atoms with Gasteiger partial charge in [-0.1, -0.05) is 0 Å². The molecular weight excluding hydrogens is 466 g/mol. The van der Waals surface area contributed by atoms with Crippen LogP contribution in [-0.4, -0.2) is 79.8 Å². The van der Waals surface area contributed by atoms with Crippen molar-refractivity contribution in [2.75, 3.05) is 19.5 Å². The van der Waals surface area contributed by atoms with Crippen molar-refractivity contribution < 1.29 is 43.2 Å². The number of ether oxygens (including phenoxy) is 4. The average Bonchev–Trinajstić information content (AvgIpc) is 3.35. The molecule has 1 saturated heterocycles. The van der Waals surface area contributed by atoms with Gasteiger partial charge in [0.2, 0.25) is 0 Å². The average molecular weight is 493 g/mol. The minimum atomic E-state index is -2.27. The Hall–Kier alpha value is -3.49. The zero-order chi connectivity index (χ0) is 25.8. The lowest BCUT2D eigenvalue weighted by atomic mass is 10.1. The predicted octanol–water partition coefficient (Wildman–Crippen LogP) is -0.166. The van der Waals surface area contributed by atoms with Crippen molar-refractivity contribution in [3.63, 3.8) is 0 Å². The second kappa shape index (κ2) is 10.8. The second-order valence-electron chi connectivity index (χ2n) is 8.06. The highest BCUT2D eigenvalue weighted by atomic mass is 16.7. The third-order valence-corrected chi connectivity index (χ3v) is 5.40. The fourth-order valence-corrected chi connectivity index (χ4v) is 3.56. The summed E-state index contributed by atoms with van der Waals surface area (Å²) in [5.74, 6) is -4.05. The lowest BCUT2D eigenvalue weighted by Gasteiger charge is -2.32. The van der Waals surface area contributed by atoms with Crippen LogP contribution in [0, 0.1) is 0 Å². The van der Waals surface area contributed by atoms with E-state index in [4.69, 9.17) is 24.7 Å². The van der Waals surface area contributed by atoms with Crippen molar-refractivity contribution in [3.8, 4) is 0 Å². The monoisotopic (exact) mass is 493 g/mol. The molecule has 1 aliphatic heterocycles. The van der Waals surface area contributed by atoms with Crippen LogP contribution in [0.5, 0.6) is 0 Å². The number of ketones is 2. The van der Waals surface area contributed by atoms with Gasteiger partial charge in [-0.3, -0.25) is 14.2 Å². The minimum absolute atomic E-state index is 0.000600. The van der Waals surface area contributed by atoms with E-state index in [0.717, 1.165) is 0 Å². The van der Waals surface area contributed by atoms with Crippen molar-refractivity contribution in [2.24, 2.45) is 0 Å². The summed E-state index contributed by atoms with van der Waals surface area (Å²) in [6.45, 7) is 2.25. The Labute approximate surface area is 199 Å². The Morgan fingerprint density at radius 1 is 1.09 bits per heavy atom. The summed E-state index contributed by atoms with van der Waals surface area (Å²) in [5, 5.41) is 11.5. The molecule has 3 heterocycles. The van der Waals surface area contributed by atoms with Crippen LogP contribution in [0.15, 0.2) is 12.7 Å². The Bertz CT molecular complexity index is 1120. The molecule has 2 aromatic rings. The molecule has 1 fully saturated rings. The Morgan fingerprint density at radius 3 is 2.37 bits per heavy atom. The minimum Gasteiger partial charge on any atom is -0.463 e. The highest BCUT2D eigenvalue weighted by Gasteiger charge is 2.60. The zero-order valence-corrected chi connectivity index (χ0v) is 19.5. The molecule has 0 unspecified atom stereocenters. The number of nitrogens with zero attached hydrogens (tertiary/aromatic N) is 4. The summed E-state index contributed by atoms with van der Waals surface area (Å²) in [6, 6.07) is 0. The van der Waals surface area contributed by atoms with E-state index in [9.17, 15) is 24.3 Å². The molecule has 2 aromatic heterocycles. The number of imidazole rings is 1. The maximum atomic E-state index is 12.4. The number of aromatic nitrogens is 4. The molecule has 1 aliphatic rings. The van der Waals surface area contributed by atoms with Crippen LogP contribution in [0.1, 0.15) is 45.8 Å². The molecule has 0 spiro atoms. The fraction of sp³-hybridized carbons (Fsp3) is 0.571. The normalized spacial score (nSPS) is 23.8. The summed E-state index contributed by atoms with van der Waals surface area (Å²) < 4.78 is 23.3. The SMILES string of the molecule is CO[C@@]1(O)[C@H](OC(=O)CCC(C)=O)[C@@H](COC(=O)CCC(C)=O)O[C@H]1n1cnc2c(N)ncnc21. The number of carbonyl (C=O) groups is 4. The summed E-state index contributed by atoms with van der Waals surface area (Å²) in [4.78, 5) is 59.0. The standard InChI is InChI=1S/C21H27N5O9/c1-11(27)4-6-14(29)33-8-13-17(35-15(30)7-5-12(2)28)21(31,32-3)20(34-13)26-10-25-16-18(22)23-9-24-19(16)26/h9-10,13,17,20,31H,4-8H2,1-3H3,(H2,22,23,24)/t13-,17-,20-,21+/m1/s1. The number of hydrogen-bond donors (Lipinski definition) is 2. The van der Waals surface area contributed by atoms with Crippen molar-refractivity contribution in [2.45, 2.75) is 63.8 Å². The van der Waals surface area contributed by atoms with E-state index >= 15 is 0 Å². The number of Topliss-reactive ketones (excluding diaryl/α,β-unsaturated/α-hetero) is 2. The van der Waals surface area contributed by atoms with Crippen molar-refractivity contribution >= 4 is 40.5 Å². The topological polar surface area (TPSA) is 195 Å². The Balaban J connectivity index is 1.89. The van der Waals surface area contributed by atoms with Crippen molar-refractivity contribution in [1.29, 1.82) is 0 Å². The van der Waals surface area contributed by atoms with Gasteiger partial charge in [0.15, 0.2) is 23.8 Å². The molecular formula is C21H27N5O9. The van der Waals surface area contributed by atoms with Crippen molar-refractivity contribution in [3.05, 3.63) is 12.7 Å². The van der Waals surface area contributed by atoms with Gasteiger partial charge in [-0.2, -0.15) is 0 Å². The molecule has 14 nitrogen and oxygen atoms in total. The van der Waals surface area contributed by atoms with Gasteiger partial charge in [0.1, 0.15) is 36.1 Å². The number of nitrogen functional groups attached to an aromatic ring is 1. The van der Waals surface area contributed by atoms with Crippen LogP contribution in [0.4, 0.5) is 5.82 Å². The first-order valence-electron chi connectivity index (χ1n) is 10.8. The molecule has 0 bridgehead atoms. The summed E-state index contributed by atoms with van der Waals surface area (Å²) in [5.41, 5.74) is 6.28. The van der Waals surface area contributed by atoms with E-state index in [1.54, 1.807) is 0 Å².